The van der Waals surface area contributed by atoms with Crippen molar-refractivity contribution in [3.05, 3.63) is 0 Å². The topological polar surface area (TPSA) is 61.4 Å². The highest BCUT2D eigenvalue weighted by Crippen LogP contribution is 2.29. The Morgan fingerprint density at radius 1 is 1.40 bits per heavy atom. The van der Waals surface area contributed by atoms with Crippen LogP contribution in [0.5, 0.6) is 0 Å². The van der Waals surface area contributed by atoms with Gasteiger partial charge in [0.15, 0.2) is 0 Å². The quantitative estimate of drug-likeness (QED) is 0.624. The van der Waals surface area contributed by atoms with E-state index < -0.39 is 0 Å². The standard InChI is InChI=1S/C11H20N2O2/c14-8-11(5-1-2-6-11)13-10(15)9-4-3-7-12-9/h9,12,14H,1-8H2,(H,13,15). The molecule has 3 N–H and O–H groups in total. The van der Waals surface area contributed by atoms with Crippen molar-refractivity contribution in [1.82, 2.24) is 10.6 Å². The minimum absolute atomic E-state index is 0.0333. The normalized spacial score (nSPS) is 29.3. The molecular formula is C11H20N2O2. The summed E-state index contributed by atoms with van der Waals surface area (Å²) in [4.78, 5) is 11.9. The van der Waals surface area contributed by atoms with E-state index in [-0.39, 0.29) is 24.1 Å². The van der Waals surface area contributed by atoms with Crippen LogP contribution in [0.4, 0.5) is 0 Å². The van der Waals surface area contributed by atoms with Gasteiger partial charge in [0.1, 0.15) is 0 Å². The second kappa shape index (κ2) is 4.49. The Balaban J connectivity index is 1.91. The zero-order valence-electron chi connectivity index (χ0n) is 9.09. The van der Waals surface area contributed by atoms with Gasteiger partial charge in [0.25, 0.3) is 0 Å². The summed E-state index contributed by atoms with van der Waals surface area (Å²) in [5.74, 6) is 0.0726. The van der Waals surface area contributed by atoms with Crippen molar-refractivity contribution in [3.8, 4) is 0 Å². The molecule has 4 nitrogen and oxygen atoms in total. The maximum atomic E-state index is 11.9. The van der Waals surface area contributed by atoms with Crippen molar-refractivity contribution in [1.29, 1.82) is 0 Å². The Kier molecular flexibility index (Phi) is 3.26. The Morgan fingerprint density at radius 2 is 2.13 bits per heavy atom. The number of nitrogens with one attached hydrogen (secondary N) is 2. The molecule has 0 bridgehead atoms. The highest BCUT2D eigenvalue weighted by molar-refractivity contribution is 5.82. The minimum Gasteiger partial charge on any atom is -0.394 e. The summed E-state index contributed by atoms with van der Waals surface area (Å²) in [7, 11) is 0. The van der Waals surface area contributed by atoms with Gasteiger partial charge in [0, 0.05) is 0 Å². The lowest BCUT2D eigenvalue weighted by atomic mass is 9.98. The van der Waals surface area contributed by atoms with E-state index in [9.17, 15) is 9.90 Å². The van der Waals surface area contributed by atoms with Gasteiger partial charge in [-0.05, 0) is 32.2 Å². The van der Waals surface area contributed by atoms with Crippen LogP contribution in [0.2, 0.25) is 0 Å². The van der Waals surface area contributed by atoms with E-state index in [4.69, 9.17) is 0 Å². The van der Waals surface area contributed by atoms with Crippen LogP contribution in [-0.2, 0) is 4.79 Å². The summed E-state index contributed by atoms with van der Waals surface area (Å²) in [6.45, 7) is 1.01. The van der Waals surface area contributed by atoms with Gasteiger partial charge < -0.3 is 15.7 Å². The van der Waals surface area contributed by atoms with Crippen molar-refractivity contribution >= 4 is 5.91 Å². The first-order valence-corrected chi connectivity index (χ1v) is 5.92. The van der Waals surface area contributed by atoms with Crippen molar-refractivity contribution < 1.29 is 9.90 Å². The van der Waals surface area contributed by atoms with Gasteiger partial charge in [-0.2, -0.15) is 0 Å². The number of hydrogen-bond donors (Lipinski definition) is 3. The number of carbonyl (C=O) groups is 1. The lowest BCUT2D eigenvalue weighted by molar-refractivity contribution is -0.125. The molecule has 2 fully saturated rings. The fourth-order valence-corrected chi connectivity index (χ4v) is 2.63. The molecule has 1 heterocycles. The summed E-state index contributed by atoms with van der Waals surface area (Å²) in [6, 6.07) is -0.0333. The maximum Gasteiger partial charge on any atom is 0.237 e. The average molecular weight is 212 g/mol. The van der Waals surface area contributed by atoms with E-state index >= 15 is 0 Å². The molecule has 15 heavy (non-hydrogen) atoms. The summed E-state index contributed by atoms with van der Waals surface area (Å²) in [6.07, 6.45) is 6.05. The number of amides is 1. The van der Waals surface area contributed by atoms with Gasteiger partial charge in [0.05, 0.1) is 18.2 Å². The maximum absolute atomic E-state index is 11.9. The monoisotopic (exact) mass is 212 g/mol. The molecule has 1 aliphatic carbocycles. The Bertz CT molecular complexity index is 231. The first-order valence-electron chi connectivity index (χ1n) is 5.92. The predicted molar refractivity (Wildman–Crippen MR) is 57.5 cm³/mol. The molecule has 2 aliphatic rings. The van der Waals surface area contributed by atoms with E-state index in [0.29, 0.717) is 0 Å². The predicted octanol–water partition coefficient (Wildman–Crippen LogP) is 0.160. The minimum atomic E-state index is -0.318. The number of aliphatic hydroxyl groups excluding tert-OH is 1. The summed E-state index contributed by atoms with van der Waals surface area (Å²) >= 11 is 0. The molecule has 1 saturated carbocycles. The van der Waals surface area contributed by atoms with Gasteiger partial charge in [-0.1, -0.05) is 12.8 Å². The van der Waals surface area contributed by atoms with Gasteiger partial charge in [-0.3, -0.25) is 4.79 Å². The van der Waals surface area contributed by atoms with Crippen LogP contribution in [0.1, 0.15) is 38.5 Å². The summed E-state index contributed by atoms with van der Waals surface area (Å²) in [5, 5.41) is 15.6. The molecule has 86 valence electrons. The second-order valence-electron chi connectivity index (χ2n) is 4.78. The first-order chi connectivity index (χ1) is 7.26. The van der Waals surface area contributed by atoms with Gasteiger partial charge in [-0.15, -0.1) is 0 Å². The molecule has 1 amide bonds. The van der Waals surface area contributed by atoms with Gasteiger partial charge in [-0.25, -0.2) is 0 Å². The third-order valence-corrected chi connectivity index (χ3v) is 3.63. The van der Waals surface area contributed by atoms with Crippen LogP contribution >= 0.6 is 0 Å². The molecule has 0 aromatic carbocycles. The first kappa shape index (κ1) is 10.9. The van der Waals surface area contributed by atoms with Crippen LogP contribution in [0, 0.1) is 0 Å². The van der Waals surface area contributed by atoms with Crippen LogP contribution in [0.25, 0.3) is 0 Å². The number of rotatable bonds is 3. The molecule has 0 radical (unpaired) electrons. The van der Waals surface area contributed by atoms with E-state index in [1.165, 1.54) is 0 Å². The average Bonchev–Trinajstić information content (AvgIpc) is 2.88. The SMILES string of the molecule is O=C(NC1(CO)CCCC1)C1CCCN1. The highest BCUT2D eigenvalue weighted by Gasteiger charge is 2.36. The Labute approximate surface area is 90.4 Å². The molecule has 1 unspecified atom stereocenters. The zero-order chi connectivity index (χ0) is 10.7. The lowest BCUT2D eigenvalue weighted by Crippen LogP contribution is -2.54. The molecule has 2 rings (SSSR count). The van der Waals surface area contributed by atoms with Crippen LogP contribution in [0.3, 0.4) is 0 Å². The van der Waals surface area contributed by atoms with Gasteiger partial charge in [0.2, 0.25) is 5.91 Å². The van der Waals surface area contributed by atoms with E-state index in [1.54, 1.807) is 0 Å². The van der Waals surface area contributed by atoms with Crippen LogP contribution in [0.15, 0.2) is 0 Å². The number of hydrogen-bond acceptors (Lipinski definition) is 3. The van der Waals surface area contributed by atoms with Crippen molar-refractivity contribution in [2.24, 2.45) is 0 Å². The summed E-state index contributed by atoms with van der Waals surface area (Å²) < 4.78 is 0. The second-order valence-corrected chi connectivity index (χ2v) is 4.78. The van der Waals surface area contributed by atoms with Crippen LogP contribution in [-0.4, -0.2) is 35.7 Å². The summed E-state index contributed by atoms with van der Waals surface area (Å²) in [5.41, 5.74) is -0.318. The molecular weight excluding hydrogens is 192 g/mol. The third kappa shape index (κ3) is 2.32. The van der Waals surface area contributed by atoms with E-state index in [1.807, 2.05) is 0 Å². The molecule has 1 atom stereocenters. The van der Waals surface area contributed by atoms with Crippen LogP contribution < -0.4 is 10.6 Å². The number of aliphatic hydroxyl groups is 1. The fraction of sp³-hybridized carbons (Fsp3) is 0.909. The van der Waals surface area contributed by atoms with Crippen molar-refractivity contribution in [2.45, 2.75) is 50.1 Å². The Hall–Kier alpha value is -0.610. The van der Waals surface area contributed by atoms with E-state index in [2.05, 4.69) is 10.6 Å². The molecule has 0 aromatic heterocycles. The highest BCUT2D eigenvalue weighted by atomic mass is 16.3. The Morgan fingerprint density at radius 3 is 2.67 bits per heavy atom. The van der Waals surface area contributed by atoms with Crippen molar-refractivity contribution in [2.75, 3.05) is 13.2 Å². The largest absolute Gasteiger partial charge is 0.394 e. The molecule has 1 saturated heterocycles. The molecule has 0 spiro atoms. The lowest BCUT2D eigenvalue weighted by Gasteiger charge is -2.29. The van der Waals surface area contributed by atoms with E-state index in [0.717, 1.165) is 45.1 Å². The molecule has 0 aromatic rings. The smallest absolute Gasteiger partial charge is 0.237 e. The zero-order valence-corrected chi connectivity index (χ0v) is 9.09. The third-order valence-electron chi connectivity index (χ3n) is 3.63. The fourth-order valence-electron chi connectivity index (χ4n) is 2.63. The molecule has 4 heteroatoms. The van der Waals surface area contributed by atoms with Crippen molar-refractivity contribution in [3.63, 3.8) is 0 Å². The van der Waals surface area contributed by atoms with Gasteiger partial charge >= 0.3 is 0 Å². The molecule has 1 aliphatic heterocycles. The number of carbonyl (C=O) groups excluding carboxylic acids is 1.